The normalized spacial score (nSPS) is 15.8. The van der Waals surface area contributed by atoms with Gasteiger partial charge in [-0.05, 0) is 51.2 Å². The van der Waals surface area contributed by atoms with Crippen LogP contribution in [0.4, 0.5) is 4.79 Å². The Hall–Kier alpha value is -1.74. The number of nitrogens with zero attached hydrogens (tertiary/aromatic N) is 1. The Morgan fingerprint density at radius 1 is 1.12 bits per heavy atom. The number of hydrogen-bond acceptors (Lipinski definition) is 4. The van der Waals surface area contributed by atoms with E-state index >= 15 is 0 Å². The number of likely N-dealkylation sites (tertiary alicyclic amines) is 1. The Morgan fingerprint density at radius 3 is 2.21 bits per heavy atom. The zero-order chi connectivity index (χ0) is 17.9. The number of benzene rings is 1. The predicted octanol–water partition coefficient (Wildman–Crippen LogP) is 3.64. The molecule has 0 spiro atoms. The molecule has 1 amide bonds. The number of amides is 1. The van der Waals surface area contributed by atoms with Crippen molar-refractivity contribution in [3.63, 3.8) is 0 Å². The number of hydrogen-bond donors (Lipinski definition) is 1. The number of ketones is 1. The van der Waals surface area contributed by atoms with Gasteiger partial charge in [0.15, 0.2) is 5.78 Å². The van der Waals surface area contributed by atoms with E-state index in [4.69, 9.17) is 10.1 Å². The van der Waals surface area contributed by atoms with E-state index in [2.05, 4.69) is 9.24 Å². The van der Waals surface area contributed by atoms with Gasteiger partial charge < -0.3 is 9.64 Å². The molecule has 0 bridgehead atoms. The molecule has 1 aromatic carbocycles. The van der Waals surface area contributed by atoms with Crippen molar-refractivity contribution in [2.45, 2.75) is 45.7 Å². The van der Waals surface area contributed by atoms with Crippen molar-refractivity contribution in [3.8, 4) is 0 Å². The lowest BCUT2D eigenvalue weighted by Gasteiger charge is -2.26. The SMILES string of the molecule is Cc1cc(C)c(C(=O)[C@@H](P)C(=N)OC(=O)N2CCCCC2)c(C)c1. The van der Waals surface area contributed by atoms with Crippen LogP contribution in [-0.4, -0.2) is 41.4 Å². The van der Waals surface area contributed by atoms with Crippen molar-refractivity contribution in [1.82, 2.24) is 4.90 Å². The maximum atomic E-state index is 12.7. The van der Waals surface area contributed by atoms with Crippen LogP contribution in [0.25, 0.3) is 0 Å². The van der Waals surface area contributed by atoms with Crippen LogP contribution < -0.4 is 0 Å². The molecule has 0 aromatic heterocycles. The largest absolute Gasteiger partial charge is 0.416 e. The Morgan fingerprint density at radius 2 is 1.67 bits per heavy atom. The van der Waals surface area contributed by atoms with Gasteiger partial charge in [0.2, 0.25) is 5.90 Å². The summed E-state index contributed by atoms with van der Waals surface area (Å²) >= 11 is 0. The van der Waals surface area contributed by atoms with Crippen molar-refractivity contribution < 1.29 is 14.3 Å². The highest BCUT2D eigenvalue weighted by atomic mass is 31.0. The van der Waals surface area contributed by atoms with Crippen LogP contribution in [-0.2, 0) is 4.74 Å². The van der Waals surface area contributed by atoms with Crippen molar-refractivity contribution in [3.05, 3.63) is 34.4 Å². The fourth-order valence-corrected chi connectivity index (χ4v) is 3.38. The fourth-order valence-electron chi connectivity index (χ4n) is 3.14. The summed E-state index contributed by atoms with van der Waals surface area (Å²) in [5.41, 5.74) is 2.58. The summed E-state index contributed by atoms with van der Waals surface area (Å²) in [5, 5.41) is 8.00. The van der Waals surface area contributed by atoms with Gasteiger partial charge in [0.1, 0.15) is 5.66 Å². The molecular weight excluding hydrogens is 323 g/mol. The summed E-state index contributed by atoms with van der Waals surface area (Å²) in [4.78, 5) is 26.4. The first kappa shape index (κ1) is 18.6. The number of Topliss-reactive ketones (excluding diaryl/α,β-unsaturated/α-hetero) is 1. The first-order chi connectivity index (χ1) is 11.3. The summed E-state index contributed by atoms with van der Waals surface area (Å²) in [6, 6.07) is 3.89. The number of aryl methyl sites for hydroxylation is 3. The number of carbonyl (C=O) groups is 2. The zero-order valence-electron chi connectivity index (χ0n) is 14.5. The second-order valence-electron chi connectivity index (χ2n) is 6.40. The minimum atomic E-state index is -0.862. The number of nitrogens with one attached hydrogen (secondary N) is 1. The smallest absolute Gasteiger partial charge is 0.395 e. The highest BCUT2D eigenvalue weighted by molar-refractivity contribution is 7.21. The van der Waals surface area contributed by atoms with Gasteiger partial charge in [-0.3, -0.25) is 10.2 Å². The first-order valence-corrected chi connectivity index (χ1v) is 8.90. The molecular formula is C18H25N2O3P. The molecule has 1 saturated heterocycles. The van der Waals surface area contributed by atoms with E-state index in [0.29, 0.717) is 18.7 Å². The highest BCUT2D eigenvalue weighted by Gasteiger charge is 2.28. The molecule has 1 aliphatic rings. The molecule has 2 atom stereocenters. The molecule has 1 aliphatic heterocycles. The van der Waals surface area contributed by atoms with E-state index in [-0.39, 0.29) is 11.7 Å². The lowest BCUT2D eigenvalue weighted by atomic mass is 9.95. The third kappa shape index (κ3) is 4.21. The summed E-state index contributed by atoms with van der Waals surface area (Å²) < 4.78 is 5.13. The Kier molecular flexibility index (Phi) is 6.11. The molecule has 1 N–H and O–H groups in total. The van der Waals surface area contributed by atoms with Crippen LogP contribution in [0.15, 0.2) is 12.1 Å². The predicted molar refractivity (Wildman–Crippen MR) is 98.1 cm³/mol. The Balaban J connectivity index is 2.07. The molecule has 0 saturated carbocycles. The average Bonchev–Trinajstić information content (AvgIpc) is 2.53. The standard InChI is InChI=1S/C18H25N2O3P/c1-11-9-12(2)14(13(3)10-11)15(21)16(24)17(19)23-18(22)20-7-5-4-6-8-20/h9-10,16,19H,4-8,24H2,1-3H3/t16-/m1/s1. The zero-order valence-corrected chi connectivity index (χ0v) is 15.7. The Labute approximate surface area is 145 Å². The molecule has 1 heterocycles. The number of rotatable bonds is 3. The van der Waals surface area contributed by atoms with Gasteiger partial charge in [-0.25, -0.2) is 4.79 Å². The molecule has 0 aliphatic carbocycles. The van der Waals surface area contributed by atoms with Crippen LogP contribution in [0.5, 0.6) is 0 Å². The maximum absolute atomic E-state index is 12.7. The molecule has 0 radical (unpaired) electrons. The number of piperidine rings is 1. The fraction of sp³-hybridized carbons (Fsp3) is 0.500. The van der Waals surface area contributed by atoms with E-state index in [1.165, 1.54) is 0 Å². The third-order valence-corrected chi connectivity index (χ3v) is 4.91. The van der Waals surface area contributed by atoms with E-state index < -0.39 is 11.8 Å². The van der Waals surface area contributed by atoms with E-state index in [1.807, 2.05) is 32.9 Å². The minimum absolute atomic E-state index is 0.216. The van der Waals surface area contributed by atoms with E-state index in [1.54, 1.807) is 4.90 Å². The Bertz CT molecular complexity index is 643. The van der Waals surface area contributed by atoms with E-state index in [9.17, 15) is 9.59 Å². The van der Waals surface area contributed by atoms with Crippen LogP contribution in [0.1, 0.15) is 46.3 Å². The summed E-state index contributed by atoms with van der Waals surface area (Å²) in [6.45, 7) is 7.05. The van der Waals surface area contributed by atoms with Gasteiger partial charge in [-0.1, -0.05) is 17.7 Å². The second-order valence-corrected chi connectivity index (χ2v) is 7.06. The van der Waals surface area contributed by atoms with Gasteiger partial charge >= 0.3 is 6.09 Å². The quantitative estimate of drug-likeness (QED) is 0.392. The van der Waals surface area contributed by atoms with Gasteiger partial charge in [0.25, 0.3) is 0 Å². The van der Waals surface area contributed by atoms with Crippen LogP contribution >= 0.6 is 9.24 Å². The lowest BCUT2D eigenvalue weighted by molar-refractivity contribution is 0.0995. The lowest BCUT2D eigenvalue weighted by Crippen LogP contribution is -2.39. The van der Waals surface area contributed by atoms with Crippen molar-refractivity contribution >= 4 is 27.0 Å². The van der Waals surface area contributed by atoms with Crippen molar-refractivity contribution in [1.29, 1.82) is 5.41 Å². The van der Waals surface area contributed by atoms with Crippen LogP contribution in [0.2, 0.25) is 0 Å². The first-order valence-electron chi connectivity index (χ1n) is 8.24. The number of ether oxygens (including phenoxy) is 1. The van der Waals surface area contributed by atoms with Gasteiger partial charge in [0.05, 0.1) is 0 Å². The van der Waals surface area contributed by atoms with Crippen LogP contribution in [0.3, 0.4) is 0 Å². The maximum Gasteiger partial charge on any atom is 0.416 e. The van der Waals surface area contributed by atoms with Crippen molar-refractivity contribution in [2.75, 3.05) is 13.1 Å². The van der Waals surface area contributed by atoms with Gasteiger partial charge in [-0.15, -0.1) is 9.24 Å². The monoisotopic (exact) mass is 348 g/mol. The molecule has 6 heteroatoms. The molecule has 1 aromatic rings. The summed E-state index contributed by atoms with van der Waals surface area (Å²) in [6.07, 6.45) is 2.48. The molecule has 1 fully saturated rings. The van der Waals surface area contributed by atoms with E-state index in [0.717, 1.165) is 36.0 Å². The molecule has 2 rings (SSSR count). The molecule has 130 valence electrons. The topological polar surface area (TPSA) is 70.5 Å². The van der Waals surface area contributed by atoms with Gasteiger partial charge in [0, 0.05) is 18.7 Å². The van der Waals surface area contributed by atoms with Crippen LogP contribution in [0, 0.1) is 26.2 Å². The third-order valence-electron chi connectivity index (χ3n) is 4.30. The molecule has 5 nitrogen and oxygen atoms in total. The highest BCUT2D eigenvalue weighted by Crippen LogP contribution is 2.22. The number of carbonyl (C=O) groups excluding carboxylic acids is 2. The minimum Gasteiger partial charge on any atom is -0.395 e. The average molecular weight is 348 g/mol. The van der Waals surface area contributed by atoms with Crippen molar-refractivity contribution in [2.24, 2.45) is 0 Å². The molecule has 24 heavy (non-hydrogen) atoms. The summed E-state index contributed by atoms with van der Waals surface area (Å²) in [5.74, 6) is -0.536. The van der Waals surface area contributed by atoms with Gasteiger partial charge in [-0.2, -0.15) is 0 Å². The molecule has 1 unspecified atom stereocenters. The second kappa shape index (κ2) is 7.89. The summed E-state index contributed by atoms with van der Waals surface area (Å²) in [7, 11) is 2.33.